The first kappa shape index (κ1) is 14.7. The second-order valence-corrected chi connectivity index (χ2v) is 4.37. The van der Waals surface area contributed by atoms with Crippen molar-refractivity contribution in [2.24, 2.45) is 0 Å². The zero-order valence-corrected chi connectivity index (χ0v) is 10.7. The minimum atomic E-state index is 0.763. The minimum absolute atomic E-state index is 0.763. The van der Waals surface area contributed by atoms with Gasteiger partial charge in [0.25, 0.3) is 0 Å². The molecule has 90 valence electrons. The zero-order chi connectivity index (χ0) is 11.4. The van der Waals surface area contributed by atoms with Crippen LogP contribution in [0.1, 0.15) is 65.2 Å². The molecule has 1 unspecified atom stereocenters. The number of allylic oxidation sites excluding steroid dienone is 1. The Labute approximate surface area is 96.3 Å². The molecule has 0 radical (unpaired) electrons. The average molecular weight is 211 g/mol. The molecule has 1 nitrogen and oxygen atoms in total. The van der Waals surface area contributed by atoms with E-state index in [0.29, 0.717) is 0 Å². The Bertz CT molecular complexity index is 131. The fourth-order valence-electron chi connectivity index (χ4n) is 1.90. The van der Waals surface area contributed by atoms with Crippen molar-refractivity contribution < 1.29 is 0 Å². The predicted molar refractivity (Wildman–Crippen MR) is 70.3 cm³/mol. The molecule has 0 aromatic heterocycles. The lowest BCUT2D eigenvalue weighted by molar-refractivity contribution is 0.430. The molecule has 0 aromatic rings. The van der Waals surface area contributed by atoms with E-state index in [9.17, 15) is 0 Å². The fourth-order valence-corrected chi connectivity index (χ4v) is 1.90. The van der Waals surface area contributed by atoms with Gasteiger partial charge >= 0.3 is 0 Å². The smallest absolute Gasteiger partial charge is 0.00669 e. The SMILES string of the molecule is C=CCCCCCC(CCC)NCCC. The Kier molecular flexibility index (Phi) is 11.5. The summed E-state index contributed by atoms with van der Waals surface area (Å²) in [6, 6.07) is 0.763. The van der Waals surface area contributed by atoms with Crippen LogP contribution in [0.5, 0.6) is 0 Å². The van der Waals surface area contributed by atoms with Crippen LogP contribution in [0.2, 0.25) is 0 Å². The minimum Gasteiger partial charge on any atom is -0.314 e. The molecule has 0 heterocycles. The van der Waals surface area contributed by atoms with E-state index in [1.807, 2.05) is 6.08 Å². The molecule has 0 saturated heterocycles. The van der Waals surface area contributed by atoms with Crippen LogP contribution in [-0.4, -0.2) is 12.6 Å². The predicted octanol–water partition coefficient (Wildman–Crippen LogP) is 4.29. The number of unbranched alkanes of at least 4 members (excludes halogenated alkanes) is 3. The highest BCUT2D eigenvalue weighted by atomic mass is 14.9. The summed E-state index contributed by atoms with van der Waals surface area (Å²) in [6.07, 6.45) is 12.5. The summed E-state index contributed by atoms with van der Waals surface area (Å²) in [6.45, 7) is 9.44. The first-order valence-corrected chi connectivity index (χ1v) is 6.69. The van der Waals surface area contributed by atoms with Gasteiger partial charge in [-0.3, -0.25) is 0 Å². The molecular weight excluding hydrogens is 182 g/mol. The van der Waals surface area contributed by atoms with E-state index in [1.54, 1.807) is 0 Å². The maximum absolute atomic E-state index is 3.75. The van der Waals surface area contributed by atoms with E-state index in [0.717, 1.165) is 6.04 Å². The average Bonchev–Trinajstić information content (AvgIpc) is 2.25. The summed E-state index contributed by atoms with van der Waals surface area (Å²) in [5, 5.41) is 3.64. The fraction of sp³-hybridized carbons (Fsp3) is 0.857. The van der Waals surface area contributed by atoms with E-state index < -0.39 is 0 Å². The van der Waals surface area contributed by atoms with Gasteiger partial charge < -0.3 is 5.32 Å². The quantitative estimate of drug-likeness (QED) is 0.397. The van der Waals surface area contributed by atoms with Gasteiger partial charge in [0.1, 0.15) is 0 Å². The maximum atomic E-state index is 3.75. The molecule has 1 N–H and O–H groups in total. The van der Waals surface area contributed by atoms with Crippen LogP contribution in [0.15, 0.2) is 12.7 Å². The molecule has 0 rings (SSSR count). The van der Waals surface area contributed by atoms with Gasteiger partial charge in [-0.1, -0.05) is 39.2 Å². The summed E-state index contributed by atoms with van der Waals surface area (Å²) < 4.78 is 0. The van der Waals surface area contributed by atoms with Crippen LogP contribution in [0.25, 0.3) is 0 Å². The third kappa shape index (κ3) is 9.99. The molecule has 0 bridgehead atoms. The number of hydrogen-bond donors (Lipinski definition) is 1. The van der Waals surface area contributed by atoms with Crippen LogP contribution >= 0.6 is 0 Å². The van der Waals surface area contributed by atoms with Crippen molar-refractivity contribution in [3.63, 3.8) is 0 Å². The first-order chi connectivity index (χ1) is 7.35. The molecule has 1 heteroatoms. The van der Waals surface area contributed by atoms with E-state index in [-0.39, 0.29) is 0 Å². The summed E-state index contributed by atoms with van der Waals surface area (Å²) >= 11 is 0. The lowest BCUT2D eigenvalue weighted by Gasteiger charge is -2.17. The van der Waals surface area contributed by atoms with Gasteiger partial charge in [-0.15, -0.1) is 6.58 Å². The standard InChI is InChI=1S/C14H29N/c1-4-7-8-9-10-12-14(11-5-2)15-13-6-3/h4,14-15H,1,5-13H2,2-3H3. The molecule has 0 spiro atoms. The Hall–Kier alpha value is -0.300. The monoisotopic (exact) mass is 211 g/mol. The molecule has 0 amide bonds. The second kappa shape index (κ2) is 11.8. The zero-order valence-electron chi connectivity index (χ0n) is 10.7. The summed E-state index contributed by atoms with van der Waals surface area (Å²) in [5.74, 6) is 0. The summed E-state index contributed by atoms with van der Waals surface area (Å²) in [4.78, 5) is 0. The highest BCUT2D eigenvalue weighted by molar-refractivity contribution is 4.68. The molecule has 15 heavy (non-hydrogen) atoms. The van der Waals surface area contributed by atoms with Gasteiger partial charge in [0.15, 0.2) is 0 Å². The van der Waals surface area contributed by atoms with E-state index in [1.165, 1.54) is 57.9 Å². The third-order valence-electron chi connectivity index (χ3n) is 2.78. The lowest BCUT2D eigenvalue weighted by atomic mass is 10.0. The Morgan fingerprint density at radius 2 is 1.87 bits per heavy atom. The lowest BCUT2D eigenvalue weighted by Crippen LogP contribution is -2.29. The molecular formula is C14H29N. The topological polar surface area (TPSA) is 12.0 Å². The largest absolute Gasteiger partial charge is 0.314 e. The molecule has 0 aliphatic rings. The van der Waals surface area contributed by atoms with Gasteiger partial charge in [-0.2, -0.15) is 0 Å². The van der Waals surface area contributed by atoms with Gasteiger partial charge in [0.05, 0.1) is 0 Å². The first-order valence-electron chi connectivity index (χ1n) is 6.69. The van der Waals surface area contributed by atoms with Gasteiger partial charge in [-0.25, -0.2) is 0 Å². The second-order valence-electron chi connectivity index (χ2n) is 4.37. The van der Waals surface area contributed by atoms with Crippen molar-refractivity contribution in [3.05, 3.63) is 12.7 Å². The van der Waals surface area contributed by atoms with Gasteiger partial charge in [0, 0.05) is 6.04 Å². The van der Waals surface area contributed by atoms with Crippen molar-refractivity contribution in [3.8, 4) is 0 Å². The Morgan fingerprint density at radius 1 is 1.07 bits per heavy atom. The van der Waals surface area contributed by atoms with E-state index in [4.69, 9.17) is 0 Å². The van der Waals surface area contributed by atoms with Crippen LogP contribution in [0.3, 0.4) is 0 Å². The van der Waals surface area contributed by atoms with E-state index >= 15 is 0 Å². The molecule has 0 aromatic carbocycles. The van der Waals surface area contributed by atoms with Crippen molar-refractivity contribution in [1.29, 1.82) is 0 Å². The van der Waals surface area contributed by atoms with Crippen molar-refractivity contribution >= 4 is 0 Å². The van der Waals surface area contributed by atoms with Crippen LogP contribution in [0, 0.1) is 0 Å². The third-order valence-corrected chi connectivity index (χ3v) is 2.78. The molecule has 0 saturated carbocycles. The Morgan fingerprint density at radius 3 is 2.47 bits per heavy atom. The summed E-state index contributed by atoms with van der Waals surface area (Å²) in [7, 11) is 0. The van der Waals surface area contributed by atoms with Crippen LogP contribution in [-0.2, 0) is 0 Å². The van der Waals surface area contributed by atoms with Crippen molar-refractivity contribution in [2.45, 2.75) is 71.3 Å². The number of hydrogen-bond acceptors (Lipinski definition) is 1. The normalized spacial score (nSPS) is 12.7. The Balaban J connectivity index is 3.42. The number of rotatable bonds is 11. The van der Waals surface area contributed by atoms with Crippen molar-refractivity contribution in [2.75, 3.05) is 6.54 Å². The molecule has 0 aliphatic heterocycles. The maximum Gasteiger partial charge on any atom is 0.00669 e. The molecule has 0 fully saturated rings. The van der Waals surface area contributed by atoms with Crippen LogP contribution < -0.4 is 5.32 Å². The van der Waals surface area contributed by atoms with E-state index in [2.05, 4.69) is 25.7 Å². The summed E-state index contributed by atoms with van der Waals surface area (Å²) in [5.41, 5.74) is 0. The van der Waals surface area contributed by atoms with Gasteiger partial charge in [-0.05, 0) is 38.6 Å². The molecule has 1 atom stereocenters. The molecule has 0 aliphatic carbocycles. The van der Waals surface area contributed by atoms with Crippen LogP contribution in [0.4, 0.5) is 0 Å². The number of nitrogens with one attached hydrogen (secondary N) is 1. The van der Waals surface area contributed by atoms with Crippen molar-refractivity contribution in [1.82, 2.24) is 5.32 Å². The van der Waals surface area contributed by atoms with Gasteiger partial charge in [0.2, 0.25) is 0 Å². The highest BCUT2D eigenvalue weighted by Crippen LogP contribution is 2.09. The highest BCUT2D eigenvalue weighted by Gasteiger charge is 2.05.